The Bertz CT molecular complexity index is 487. The number of carboxylic acid groups (broad SMARTS) is 1. The van der Waals surface area contributed by atoms with E-state index >= 15 is 0 Å². The highest BCUT2D eigenvalue weighted by molar-refractivity contribution is 7.09. The lowest BCUT2D eigenvalue weighted by Crippen LogP contribution is -2.43. The van der Waals surface area contributed by atoms with E-state index in [9.17, 15) is 14.7 Å². The van der Waals surface area contributed by atoms with Crippen LogP contribution in [0.4, 0.5) is 0 Å². The number of rotatable bonds is 4. The number of thiophene rings is 1. The lowest BCUT2D eigenvalue weighted by molar-refractivity contribution is -0.147. The summed E-state index contributed by atoms with van der Waals surface area (Å²) in [5, 5.41) is 14.0. The summed E-state index contributed by atoms with van der Waals surface area (Å²) in [5.74, 6) is -2.37. The van der Waals surface area contributed by atoms with Gasteiger partial charge in [0.25, 0.3) is 0 Å². The Labute approximate surface area is 114 Å². The van der Waals surface area contributed by atoms with Gasteiger partial charge in [0.2, 0.25) is 5.91 Å². The smallest absolute Gasteiger partial charge is 0.310 e. The van der Waals surface area contributed by atoms with Crippen molar-refractivity contribution in [3.63, 3.8) is 0 Å². The van der Waals surface area contributed by atoms with Crippen LogP contribution < -0.4 is 5.32 Å². The lowest BCUT2D eigenvalue weighted by atomic mass is 9.79. The standard InChI is InChI=1S/C13H15NO4S/c15-12(14-6-7-2-1-5-19-7)10-8-3-4-9(18-8)11(10)13(16)17/h1-2,5,8-11H,3-4,6H2,(H,14,15)(H,16,17)/t8-,9-,10-,11-/m1/s1. The molecule has 2 aliphatic rings. The fourth-order valence-electron chi connectivity index (χ4n) is 3.03. The minimum Gasteiger partial charge on any atom is -0.481 e. The third kappa shape index (κ3) is 2.26. The quantitative estimate of drug-likeness (QED) is 0.870. The Morgan fingerprint density at radius 3 is 2.74 bits per heavy atom. The van der Waals surface area contributed by atoms with E-state index in [0.717, 1.165) is 17.7 Å². The molecule has 102 valence electrons. The van der Waals surface area contributed by atoms with Crippen LogP contribution in [-0.4, -0.2) is 29.2 Å². The van der Waals surface area contributed by atoms with E-state index < -0.39 is 17.8 Å². The topological polar surface area (TPSA) is 75.6 Å². The Morgan fingerprint density at radius 2 is 2.11 bits per heavy atom. The van der Waals surface area contributed by atoms with Crippen LogP contribution in [0.1, 0.15) is 17.7 Å². The normalized spacial score (nSPS) is 32.4. The fourth-order valence-corrected chi connectivity index (χ4v) is 3.67. The predicted octanol–water partition coefficient (Wildman–Crippen LogP) is 1.24. The minimum atomic E-state index is -0.927. The maximum Gasteiger partial charge on any atom is 0.310 e. The molecule has 2 aliphatic heterocycles. The molecule has 5 nitrogen and oxygen atoms in total. The summed E-state index contributed by atoms with van der Waals surface area (Å²) in [7, 11) is 0. The molecule has 2 fully saturated rings. The Hall–Kier alpha value is -1.40. The zero-order chi connectivity index (χ0) is 13.4. The van der Waals surface area contributed by atoms with E-state index in [1.165, 1.54) is 0 Å². The van der Waals surface area contributed by atoms with Gasteiger partial charge < -0.3 is 15.2 Å². The number of carbonyl (C=O) groups excluding carboxylic acids is 1. The van der Waals surface area contributed by atoms with Crippen molar-refractivity contribution < 1.29 is 19.4 Å². The van der Waals surface area contributed by atoms with Crippen molar-refractivity contribution in [2.45, 2.75) is 31.6 Å². The van der Waals surface area contributed by atoms with Gasteiger partial charge in [-0.15, -0.1) is 11.3 Å². The van der Waals surface area contributed by atoms with Crippen molar-refractivity contribution in [3.05, 3.63) is 22.4 Å². The fraction of sp³-hybridized carbons (Fsp3) is 0.538. The van der Waals surface area contributed by atoms with E-state index in [4.69, 9.17) is 4.74 Å². The number of aliphatic carboxylic acids is 1. The molecule has 0 unspecified atom stereocenters. The van der Waals surface area contributed by atoms with E-state index in [1.807, 2.05) is 17.5 Å². The first-order valence-corrected chi connectivity index (χ1v) is 7.23. The molecule has 6 heteroatoms. The Morgan fingerprint density at radius 1 is 1.37 bits per heavy atom. The predicted molar refractivity (Wildman–Crippen MR) is 68.7 cm³/mol. The summed E-state index contributed by atoms with van der Waals surface area (Å²) >= 11 is 1.57. The van der Waals surface area contributed by atoms with Crippen molar-refractivity contribution in [2.24, 2.45) is 11.8 Å². The molecule has 4 atom stereocenters. The second kappa shape index (κ2) is 4.94. The highest BCUT2D eigenvalue weighted by Gasteiger charge is 2.55. The highest BCUT2D eigenvalue weighted by Crippen LogP contribution is 2.43. The SMILES string of the molecule is O=C(O)[C@H]1[C@H](C(=O)NCc2cccs2)[C@H]2CC[C@H]1O2. The van der Waals surface area contributed by atoms with Crippen molar-refractivity contribution >= 4 is 23.2 Å². The number of amides is 1. The molecule has 1 aromatic rings. The number of ether oxygens (including phenoxy) is 1. The third-order valence-corrected chi connectivity index (χ3v) is 4.75. The van der Waals surface area contributed by atoms with Gasteiger partial charge in [0.1, 0.15) is 0 Å². The van der Waals surface area contributed by atoms with Crippen molar-refractivity contribution in [1.29, 1.82) is 0 Å². The molecule has 2 saturated heterocycles. The number of carboxylic acids is 1. The number of hydrogen-bond acceptors (Lipinski definition) is 4. The highest BCUT2D eigenvalue weighted by atomic mass is 32.1. The molecule has 2 N–H and O–H groups in total. The first-order chi connectivity index (χ1) is 9.16. The van der Waals surface area contributed by atoms with Crippen LogP contribution in [0.2, 0.25) is 0 Å². The summed E-state index contributed by atoms with van der Waals surface area (Å²) < 4.78 is 5.58. The molecule has 3 heterocycles. The Kier molecular flexibility index (Phi) is 3.28. The van der Waals surface area contributed by atoms with Gasteiger partial charge in [-0.3, -0.25) is 9.59 Å². The molecule has 3 rings (SSSR count). The molecule has 0 aromatic carbocycles. The molecule has 1 amide bonds. The van der Waals surface area contributed by atoms with Gasteiger partial charge in [0, 0.05) is 4.88 Å². The molecular formula is C13H15NO4S. The average molecular weight is 281 g/mol. The van der Waals surface area contributed by atoms with E-state index in [1.54, 1.807) is 11.3 Å². The molecule has 0 spiro atoms. The lowest BCUT2D eigenvalue weighted by Gasteiger charge is -2.23. The van der Waals surface area contributed by atoms with Crippen LogP contribution in [0.25, 0.3) is 0 Å². The van der Waals surface area contributed by atoms with Crippen LogP contribution in [0.15, 0.2) is 17.5 Å². The number of hydrogen-bond donors (Lipinski definition) is 2. The number of nitrogens with one attached hydrogen (secondary N) is 1. The van der Waals surface area contributed by atoms with Gasteiger partial charge in [-0.25, -0.2) is 0 Å². The second-order valence-electron chi connectivity index (χ2n) is 4.98. The zero-order valence-electron chi connectivity index (χ0n) is 10.2. The molecule has 0 saturated carbocycles. The first-order valence-electron chi connectivity index (χ1n) is 6.35. The minimum absolute atomic E-state index is 0.201. The summed E-state index contributed by atoms with van der Waals surface area (Å²) in [5.41, 5.74) is 0. The van der Waals surface area contributed by atoms with Gasteiger partial charge in [-0.05, 0) is 24.3 Å². The zero-order valence-corrected chi connectivity index (χ0v) is 11.1. The van der Waals surface area contributed by atoms with Gasteiger partial charge in [0.15, 0.2) is 0 Å². The van der Waals surface area contributed by atoms with Crippen LogP contribution in [-0.2, 0) is 20.9 Å². The van der Waals surface area contributed by atoms with Crippen molar-refractivity contribution in [3.8, 4) is 0 Å². The molecule has 1 aromatic heterocycles. The summed E-state index contributed by atoms with van der Waals surface area (Å²) in [4.78, 5) is 24.5. The number of fused-ring (bicyclic) bond motifs is 2. The molecule has 19 heavy (non-hydrogen) atoms. The van der Waals surface area contributed by atoms with Gasteiger partial charge in [-0.1, -0.05) is 6.07 Å². The first kappa shape index (κ1) is 12.6. The maximum absolute atomic E-state index is 12.2. The average Bonchev–Trinajstić information content (AvgIpc) is 3.10. The molecule has 0 aliphatic carbocycles. The largest absolute Gasteiger partial charge is 0.481 e. The Balaban J connectivity index is 1.66. The van der Waals surface area contributed by atoms with Gasteiger partial charge >= 0.3 is 5.97 Å². The van der Waals surface area contributed by atoms with Crippen molar-refractivity contribution in [2.75, 3.05) is 0 Å². The third-order valence-electron chi connectivity index (χ3n) is 3.88. The summed E-state index contributed by atoms with van der Waals surface area (Å²) in [6.45, 7) is 0.455. The molecule has 2 bridgehead atoms. The van der Waals surface area contributed by atoms with Crippen LogP contribution >= 0.6 is 11.3 Å². The van der Waals surface area contributed by atoms with E-state index in [0.29, 0.717) is 6.54 Å². The molecular weight excluding hydrogens is 266 g/mol. The second-order valence-corrected chi connectivity index (χ2v) is 6.01. The molecule has 0 radical (unpaired) electrons. The summed E-state index contributed by atoms with van der Waals surface area (Å²) in [6.07, 6.45) is 1.01. The van der Waals surface area contributed by atoms with Crippen LogP contribution in [0.3, 0.4) is 0 Å². The van der Waals surface area contributed by atoms with E-state index in [2.05, 4.69) is 5.32 Å². The maximum atomic E-state index is 12.2. The van der Waals surface area contributed by atoms with Crippen LogP contribution in [0, 0.1) is 11.8 Å². The van der Waals surface area contributed by atoms with Crippen LogP contribution in [0.5, 0.6) is 0 Å². The number of carbonyl (C=O) groups is 2. The monoisotopic (exact) mass is 281 g/mol. The van der Waals surface area contributed by atoms with E-state index in [-0.39, 0.29) is 18.1 Å². The van der Waals surface area contributed by atoms with Crippen molar-refractivity contribution in [1.82, 2.24) is 5.32 Å². The van der Waals surface area contributed by atoms with Gasteiger partial charge in [0.05, 0.1) is 30.6 Å². The summed E-state index contributed by atoms with van der Waals surface area (Å²) in [6, 6.07) is 3.86. The van der Waals surface area contributed by atoms with Gasteiger partial charge in [-0.2, -0.15) is 0 Å².